The summed E-state index contributed by atoms with van der Waals surface area (Å²) in [7, 11) is -9.43. The Morgan fingerprint density at radius 2 is 1.02 bits per heavy atom. The molecular weight excluding hydrogens is 636 g/mol. The molecule has 0 unspecified atom stereocenters. The van der Waals surface area contributed by atoms with Crippen LogP contribution in [0.4, 0.5) is 45.5 Å². The molecule has 0 bridgehead atoms. The second-order valence-corrected chi connectivity index (χ2v) is 12.3. The first-order valence-electron chi connectivity index (χ1n) is 13.1. The van der Waals surface area contributed by atoms with Gasteiger partial charge in [0.2, 0.25) is 0 Å². The van der Waals surface area contributed by atoms with Crippen LogP contribution in [0.2, 0.25) is 0 Å². The van der Waals surface area contributed by atoms with Gasteiger partial charge in [0.15, 0.2) is 0 Å². The van der Waals surface area contributed by atoms with E-state index in [-0.39, 0.29) is 28.4 Å². The van der Waals surface area contributed by atoms with Gasteiger partial charge >= 0.3 is 0 Å². The second-order valence-electron chi connectivity index (χ2n) is 9.52. The molecule has 0 aliphatic heterocycles. The number of rotatable bonds is 10. The zero-order valence-electron chi connectivity index (χ0n) is 23.4. The summed E-state index contributed by atoms with van der Waals surface area (Å²) in [5.41, 5.74) is 0.932. The molecule has 234 valence electrons. The average molecular weight is 661 g/mol. The quantitative estimate of drug-likeness (QED) is 0.0627. The maximum Gasteiger partial charge on any atom is 0.296 e. The summed E-state index contributed by atoms with van der Waals surface area (Å²) < 4.78 is 68.0. The summed E-state index contributed by atoms with van der Waals surface area (Å²) in [5.74, 6) is -1.06. The topological polar surface area (TPSA) is 223 Å². The number of benzene rings is 5. The van der Waals surface area contributed by atoms with Gasteiger partial charge in [-0.1, -0.05) is 36.4 Å². The van der Waals surface area contributed by atoms with Gasteiger partial charge in [-0.25, -0.2) is 0 Å². The molecule has 6 N–H and O–H groups in total. The minimum absolute atomic E-state index is 0.0103. The van der Waals surface area contributed by atoms with Crippen LogP contribution in [-0.4, -0.2) is 36.2 Å². The van der Waals surface area contributed by atoms with Crippen LogP contribution >= 0.6 is 0 Å². The lowest BCUT2D eigenvalue weighted by Crippen LogP contribution is -2.03. The Bertz CT molecular complexity index is 2180. The fraction of sp³-hybridized carbons (Fsp3) is 0. The Labute approximate surface area is 262 Å². The highest BCUT2D eigenvalue weighted by atomic mass is 32.2. The van der Waals surface area contributed by atoms with Crippen molar-refractivity contribution in [3.8, 4) is 11.5 Å². The lowest BCUT2D eigenvalue weighted by Gasteiger charge is -2.10. The molecule has 0 saturated carbocycles. The van der Waals surface area contributed by atoms with Gasteiger partial charge in [-0.2, -0.15) is 21.9 Å². The Balaban J connectivity index is 1.43. The Kier molecular flexibility index (Phi) is 9.06. The van der Waals surface area contributed by atoms with Crippen molar-refractivity contribution in [2.45, 2.75) is 9.79 Å². The first-order chi connectivity index (χ1) is 21.9. The largest absolute Gasteiger partial charge is 0.505 e. The highest BCUT2D eigenvalue weighted by Crippen LogP contribution is 2.41. The van der Waals surface area contributed by atoms with E-state index in [0.717, 1.165) is 24.3 Å². The van der Waals surface area contributed by atoms with E-state index in [4.69, 9.17) is 0 Å². The zero-order chi connectivity index (χ0) is 32.9. The van der Waals surface area contributed by atoms with Crippen LogP contribution in [0.5, 0.6) is 11.5 Å². The molecule has 46 heavy (non-hydrogen) atoms. The third-order valence-corrected chi connectivity index (χ3v) is 7.98. The molecule has 16 heteroatoms. The van der Waals surface area contributed by atoms with Gasteiger partial charge in [0.1, 0.15) is 38.4 Å². The highest BCUT2D eigenvalue weighted by Gasteiger charge is 2.19. The fourth-order valence-corrected chi connectivity index (χ4v) is 5.39. The first-order valence-corrected chi connectivity index (χ1v) is 16.0. The number of phenols is 2. The van der Waals surface area contributed by atoms with Gasteiger partial charge in [-0.3, -0.25) is 9.11 Å². The van der Waals surface area contributed by atoms with Crippen LogP contribution in [0, 0.1) is 0 Å². The summed E-state index contributed by atoms with van der Waals surface area (Å²) in [6, 6.07) is 27.3. The summed E-state index contributed by atoms with van der Waals surface area (Å²) in [5, 5.41) is 42.1. The summed E-state index contributed by atoms with van der Waals surface area (Å²) in [6.45, 7) is 0. The van der Waals surface area contributed by atoms with Gasteiger partial charge < -0.3 is 20.8 Å². The standard InChI is InChI=1S/C30H24N6O8S2/c37-27-18-28(38)26(36-34-24-14-11-21(15-30(24)46(42,43)44)31-19-7-3-1-4-8-19)17-25(27)35-33-22-12-13-23(29(16-22)45(39,40)41)32-20-9-5-2-6-10-20/h1-18,31-32,37-38H,(H,39,40,41)(H,42,43,44). The maximum atomic E-state index is 12.1. The smallest absolute Gasteiger partial charge is 0.296 e. The van der Waals surface area contributed by atoms with Crippen LogP contribution in [0.1, 0.15) is 0 Å². The van der Waals surface area contributed by atoms with Crippen LogP contribution in [0.3, 0.4) is 0 Å². The molecule has 0 fully saturated rings. The number of azo groups is 2. The molecule has 0 heterocycles. The molecule has 5 aromatic carbocycles. The number of anilines is 4. The minimum Gasteiger partial charge on any atom is -0.505 e. The van der Waals surface area contributed by atoms with E-state index in [0.29, 0.717) is 17.1 Å². The third-order valence-electron chi connectivity index (χ3n) is 6.21. The number of hydrogen-bond donors (Lipinski definition) is 6. The van der Waals surface area contributed by atoms with Crippen molar-refractivity contribution in [3.05, 3.63) is 109 Å². The summed E-state index contributed by atoms with van der Waals surface area (Å²) in [6.07, 6.45) is 0. The van der Waals surface area contributed by atoms with Crippen molar-refractivity contribution in [1.82, 2.24) is 0 Å². The maximum absolute atomic E-state index is 12.1. The molecule has 0 aliphatic carbocycles. The Morgan fingerprint density at radius 3 is 1.61 bits per heavy atom. The van der Waals surface area contributed by atoms with E-state index >= 15 is 0 Å². The van der Waals surface area contributed by atoms with Crippen molar-refractivity contribution in [2.24, 2.45) is 20.5 Å². The van der Waals surface area contributed by atoms with Gasteiger partial charge in [0.05, 0.1) is 11.4 Å². The van der Waals surface area contributed by atoms with Gasteiger partial charge in [-0.05, 0) is 60.7 Å². The number of nitrogens with zero attached hydrogens (tertiary/aromatic N) is 4. The van der Waals surface area contributed by atoms with Crippen LogP contribution < -0.4 is 10.6 Å². The number of aromatic hydroxyl groups is 2. The second kappa shape index (κ2) is 13.1. The molecule has 0 atom stereocenters. The van der Waals surface area contributed by atoms with E-state index in [1.54, 1.807) is 54.6 Å². The fourth-order valence-electron chi connectivity index (χ4n) is 4.07. The number of phenolic OH excluding ortho intramolecular Hbond substituents is 2. The highest BCUT2D eigenvalue weighted by molar-refractivity contribution is 7.86. The van der Waals surface area contributed by atoms with E-state index in [2.05, 4.69) is 31.1 Å². The van der Waals surface area contributed by atoms with Crippen molar-refractivity contribution < 1.29 is 36.2 Å². The van der Waals surface area contributed by atoms with E-state index < -0.39 is 41.5 Å². The van der Waals surface area contributed by atoms with Crippen LogP contribution in [0.25, 0.3) is 0 Å². The molecule has 0 spiro atoms. The van der Waals surface area contributed by atoms with Gasteiger partial charge in [0, 0.05) is 29.2 Å². The number of hydrogen-bond acceptors (Lipinski definition) is 12. The number of nitrogens with one attached hydrogen (secondary N) is 2. The van der Waals surface area contributed by atoms with Crippen molar-refractivity contribution >= 4 is 65.7 Å². The van der Waals surface area contributed by atoms with E-state index in [1.807, 2.05) is 6.07 Å². The van der Waals surface area contributed by atoms with Crippen LogP contribution in [0.15, 0.2) is 139 Å². The summed E-state index contributed by atoms with van der Waals surface area (Å²) in [4.78, 5) is -1.04. The molecule has 0 amide bonds. The molecule has 5 aromatic rings. The minimum atomic E-state index is -4.75. The molecule has 0 radical (unpaired) electrons. The van der Waals surface area contributed by atoms with Gasteiger partial charge in [0.25, 0.3) is 20.2 Å². The van der Waals surface area contributed by atoms with Crippen molar-refractivity contribution in [2.75, 3.05) is 10.6 Å². The summed E-state index contributed by atoms with van der Waals surface area (Å²) >= 11 is 0. The number of para-hydroxylation sites is 2. The normalized spacial score (nSPS) is 12.0. The Hall–Kier alpha value is -5.68. The van der Waals surface area contributed by atoms with Crippen LogP contribution in [-0.2, 0) is 20.2 Å². The molecule has 0 aromatic heterocycles. The molecule has 0 saturated heterocycles. The molecule has 5 rings (SSSR count). The zero-order valence-corrected chi connectivity index (χ0v) is 25.1. The SMILES string of the molecule is O=S(=O)(O)c1cc(Nc2ccccc2)ccc1N=Nc1cc(N=Nc2ccc(Nc3ccccc3)c(S(=O)(=O)O)c2)c(O)cc1O. The third kappa shape index (κ3) is 7.88. The predicted molar refractivity (Wildman–Crippen MR) is 170 cm³/mol. The lowest BCUT2D eigenvalue weighted by molar-refractivity contribution is 0.452. The molecular formula is C30H24N6O8S2. The monoisotopic (exact) mass is 660 g/mol. The van der Waals surface area contributed by atoms with Crippen molar-refractivity contribution in [3.63, 3.8) is 0 Å². The first kappa shape index (κ1) is 31.7. The lowest BCUT2D eigenvalue weighted by atomic mass is 10.2. The van der Waals surface area contributed by atoms with E-state index in [9.17, 15) is 36.2 Å². The molecule has 0 aliphatic rings. The predicted octanol–water partition coefficient (Wildman–Crippen LogP) is 7.91. The van der Waals surface area contributed by atoms with Gasteiger partial charge in [-0.15, -0.1) is 15.3 Å². The molecule has 14 nitrogen and oxygen atoms in total. The average Bonchev–Trinajstić information content (AvgIpc) is 3.01. The Morgan fingerprint density at radius 1 is 0.478 bits per heavy atom. The van der Waals surface area contributed by atoms with E-state index in [1.165, 1.54) is 24.3 Å². The van der Waals surface area contributed by atoms with Crippen molar-refractivity contribution in [1.29, 1.82) is 0 Å².